The fourth-order valence-electron chi connectivity index (χ4n) is 2.48. The van der Waals surface area contributed by atoms with Gasteiger partial charge in [0, 0.05) is 12.1 Å². The Morgan fingerprint density at radius 1 is 0.933 bits per heavy atom. The van der Waals surface area contributed by atoms with Crippen LogP contribution in [-0.4, -0.2) is 40.9 Å². The average Bonchev–Trinajstić information content (AvgIpc) is 2.70. The van der Waals surface area contributed by atoms with Gasteiger partial charge in [-0.15, -0.1) is 0 Å². The normalized spacial score (nSPS) is 12.4. The molecule has 0 aromatic heterocycles. The second-order valence-corrected chi connectivity index (χ2v) is 6.88. The van der Waals surface area contributed by atoms with Crippen molar-refractivity contribution in [2.45, 2.75) is 20.0 Å². The molecule has 30 heavy (non-hydrogen) atoms. The van der Waals surface area contributed by atoms with Crippen molar-refractivity contribution in [1.29, 1.82) is 0 Å². The smallest absolute Gasteiger partial charge is 0.362 e. The lowest BCUT2D eigenvalue weighted by molar-refractivity contribution is -0.122. The van der Waals surface area contributed by atoms with Crippen molar-refractivity contribution in [1.82, 2.24) is 21.5 Å². The minimum Gasteiger partial charge on any atom is -0.362 e. The Balaban J connectivity index is 2.32. The SMILES string of the molecule is CCNC(=S)NN=C(C(C)=NNC(=S)NCC(F)(F)F)c1cccc2ccccc12. The number of hydrazone groups is 2. The Morgan fingerprint density at radius 3 is 2.27 bits per heavy atom. The molecule has 2 aromatic carbocycles. The third-order valence-corrected chi connectivity index (χ3v) is 4.24. The predicted molar refractivity (Wildman–Crippen MR) is 123 cm³/mol. The van der Waals surface area contributed by atoms with E-state index in [9.17, 15) is 13.2 Å². The van der Waals surface area contributed by atoms with E-state index in [0.717, 1.165) is 16.3 Å². The van der Waals surface area contributed by atoms with E-state index >= 15 is 0 Å². The van der Waals surface area contributed by atoms with Crippen LogP contribution < -0.4 is 21.5 Å². The van der Waals surface area contributed by atoms with E-state index in [-0.39, 0.29) is 5.11 Å². The Bertz CT molecular complexity index is 967. The highest BCUT2D eigenvalue weighted by molar-refractivity contribution is 7.80. The van der Waals surface area contributed by atoms with E-state index in [1.54, 1.807) is 6.92 Å². The molecule has 0 radical (unpaired) electrons. The monoisotopic (exact) mass is 454 g/mol. The lowest BCUT2D eigenvalue weighted by atomic mass is 9.99. The summed E-state index contributed by atoms with van der Waals surface area (Å²) < 4.78 is 37.0. The molecule has 0 amide bonds. The summed E-state index contributed by atoms with van der Waals surface area (Å²) >= 11 is 10.0. The topological polar surface area (TPSA) is 72.8 Å². The fraction of sp³-hybridized carbons (Fsp3) is 0.263. The molecule has 0 saturated heterocycles. The van der Waals surface area contributed by atoms with Crippen LogP contribution in [0.5, 0.6) is 0 Å². The molecule has 0 fully saturated rings. The van der Waals surface area contributed by atoms with Gasteiger partial charge in [-0.05, 0) is 49.1 Å². The molecule has 4 N–H and O–H groups in total. The molecule has 0 bridgehead atoms. The van der Waals surface area contributed by atoms with Crippen LogP contribution in [0.15, 0.2) is 52.7 Å². The number of alkyl halides is 3. The summed E-state index contributed by atoms with van der Waals surface area (Å²) in [6.45, 7) is 2.93. The highest BCUT2D eigenvalue weighted by Gasteiger charge is 2.27. The second-order valence-electron chi connectivity index (χ2n) is 6.07. The molecule has 2 rings (SSSR count). The zero-order chi connectivity index (χ0) is 22.1. The van der Waals surface area contributed by atoms with Gasteiger partial charge in [-0.3, -0.25) is 10.9 Å². The first-order valence-electron chi connectivity index (χ1n) is 8.96. The second kappa shape index (κ2) is 10.8. The lowest BCUT2D eigenvalue weighted by Gasteiger charge is -2.13. The molecular formula is C19H21F3N6S2. The molecule has 0 unspecified atom stereocenters. The van der Waals surface area contributed by atoms with Crippen LogP contribution in [0.1, 0.15) is 19.4 Å². The average molecular weight is 455 g/mol. The maximum absolute atomic E-state index is 12.3. The number of benzene rings is 2. The van der Waals surface area contributed by atoms with Gasteiger partial charge >= 0.3 is 6.18 Å². The highest BCUT2D eigenvalue weighted by Crippen LogP contribution is 2.20. The van der Waals surface area contributed by atoms with Crippen LogP contribution in [0.3, 0.4) is 0 Å². The Kier molecular flexibility index (Phi) is 8.48. The lowest BCUT2D eigenvalue weighted by Crippen LogP contribution is -2.39. The molecule has 0 heterocycles. The Hall–Kier alpha value is -2.79. The standard InChI is InChI=1S/C19H21F3N6S2/c1-3-23-17(29)28-26-16(12(2)25-27-18(30)24-11-19(20,21)22)15-10-6-8-13-7-4-5-9-14(13)15/h4-10H,3,11H2,1-2H3,(H2,23,28,29)(H2,24,27,30). The molecule has 0 aliphatic carbocycles. The molecule has 11 heteroatoms. The fourth-order valence-corrected chi connectivity index (χ4v) is 2.79. The third kappa shape index (κ3) is 7.23. The summed E-state index contributed by atoms with van der Waals surface area (Å²) in [7, 11) is 0. The van der Waals surface area contributed by atoms with Crippen molar-refractivity contribution in [3.63, 3.8) is 0 Å². The van der Waals surface area contributed by atoms with Crippen molar-refractivity contribution in [3.05, 3.63) is 48.0 Å². The summed E-state index contributed by atoms with van der Waals surface area (Å²) in [6.07, 6.45) is -4.38. The number of rotatable bonds is 6. The van der Waals surface area contributed by atoms with Crippen LogP contribution in [0.2, 0.25) is 0 Å². The molecule has 0 aliphatic rings. The third-order valence-electron chi connectivity index (χ3n) is 3.77. The van der Waals surface area contributed by atoms with E-state index in [1.165, 1.54) is 0 Å². The van der Waals surface area contributed by atoms with Gasteiger partial charge in [0.1, 0.15) is 12.3 Å². The van der Waals surface area contributed by atoms with E-state index in [1.807, 2.05) is 49.4 Å². The van der Waals surface area contributed by atoms with Gasteiger partial charge in [-0.25, -0.2) is 0 Å². The summed E-state index contributed by atoms with van der Waals surface area (Å²) in [5.41, 5.74) is 6.81. The number of fused-ring (bicyclic) bond motifs is 1. The van der Waals surface area contributed by atoms with Crippen molar-refractivity contribution in [2.24, 2.45) is 10.2 Å². The maximum Gasteiger partial charge on any atom is 0.405 e. The number of nitrogens with one attached hydrogen (secondary N) is 4. The number of thiocarbonyl (C=S) groups is 2. The van der Waals surface area contributed by atoms with Crippen molar-refractivity contribution in [2.75, 3.05) is 13.1 Å². The number of hydrogen-bond acceptors (Lipinski definition) is 4. The molecule has 0 atom stereocenters. The van der Waals surface area contributed by atoms with Crippen molar-refractivity contribution in [3.8, 4) is 0 Å². The number of halogens is 3. The zero-order valence-corrected chi connectivity index (χ0v) is 17.9. The number of nitrogens with zero attached hydrogens (tertiary/aromatic N) is 2. The Morgan fingerprint density at radius 2 is 1.57 bits per heavy atom. The molecule has 160 valence electrons. The van der Waals surface area contributed by atoms with E-state index in [2.05, 4.69) is 31.7 Å². The highest BCUT2D eigenvalue weighted by atomic mass is 32.1. The van der Waals surface area contributed by atoms with Gasteiger partial charge in [-0.1, -0.05) is 42.5 Å². The van der Waals surface area contributed by atoms with Crippen LogP contribution in [0, 0.1) is 0 Å². The van der Waals surface area contributed by atoms with Gasteiger partial charge < -0.3 is 10.6 Å². The zero-order valence-electron chi connectivity index (χ0n) is 16.3. The first-order chi connectivity index (χ1) is 14.2. The summed E-state index contributed by atoms with van der Waals surface area (Å²) in [6, 6.07) is 13.5. The first-order valence-corrected chi connectivity index (χ1v) is 9.78. The molecular weight excluding hydrogens is 433 g/mol. The molecule has 0 aliphatic heterocycles. The van der Waals surface area contributed by atoms with E-state index in [0.29, 0.717) is 23.1 Å². The molecule has 6 nitrogen and oxygen atoms in total. The van der Waals surface area contributed by atoms with Crippen molar-refractivity contribution < 1.29 is 13.2 Å². The summed E-state index contributed by atoms with van der Waals surface area (Å²) in [5.74, 6) is 0. The van der Waals surface area contributed by atoms with Gasteiger partial charge in [0.15, 0.2) is 10.2 Å². The van der Waals surface area contributed by atoms with Crippen LogP contribution in [0.4, 0.5) is 13.2 Å². The van der Waals surface area contributed by atoms with E-state index in [4.69, 9.17) is 24.4 Å². The molecule has 2 aromatic rings. The maximum atomic E-state index is 12.3. The summed E-state index contributed by atoms with van der Waals surface area (Å²) in [4.78, 5) is 0. The quantitative estimate of drug-likeness (QED) is 0.305. The predicted octanol–water partition coefficient (Wildman–Crippen LogP) is 3.43. The van der Waals surface area contributed by atoms with Crippen LogP contribution >= 0.6 is 24.4 Å². The Labute approximate surface area is 183 Å². The van der Waals surface area contributed by atoms with E-state index < -0.39 is 12.7 Å². The van der Waals surface area contributed by atoms with Gasteiger partial charge in [0.25, 0.3) is 0 Å². The first kappa shape index (κ1) is 23.5. The molecule has 0 spiro atoms. The van der Waals surface area contributed by atoms with Crippen molar-refractivity contribution >= 4 is 56.9 Å². The minimum atomic E-state index is -4.38. The largest absolute Gasteiger partial charge is 0.405 e. The minimum absolute atomic E-state index is 0.250. The number of hydrogen-bond donors (Lipinski definition) is 4. The summed E-state index contributed by atoms with van der Waals surface area (Å²) in [5, 5.41) is 15.5. The van der Waals surface area contributed by atoms with Gasteiger partial charge in [-0.2, -0.15) is 23.4 Å². The molecule has 0 saturated carbocycles. The van der Waals surface area contributed by atoms with Crippen LogP contribution in [0.25, 0.3) is 10.8 Å². The van der Waals surface area contributed by atoms with Crippen LogP contribution in [-0.2, 0) is 0 Å². The van der Waals surface area contributed by atoms with Gasteiger partial charge in [0.05, 0.1) is 5.71 Å². The van der Waals surface area contributed by atoms with Gasteiger partial charge in [0.2, 0.25) is 0 Å².